The molecule has 6 nitrogen and oxygen atoms in total. The Kier molecular flexibility index (Phi) is 4.82. The third kappa shape index (κ3) is 6.13. The molecule has 0 fully saturated rings. The molecule has 0 radical (unpaired) electrons. The summed E-state index contributed by atoms with van der Waals surface area (Å²) in [5.41, 5.74) is -3.36. The predicted molar refractivity (Wildman–Crippen MR) is 50.9 cm³/mol. The topological polar surface area (TPSA) is 102 Å². The van der Waals surface area contributed by atoms with Crippen LogP contribution in [0, 0.1) is 5.41 Å². The Balaban J connectivity index is 4.20. The summed E-state index contributed by atoms with van der Waals surface area (Å²) in [6.07, 6.45) is -1.07. The number of hydrogen-bond acceptors (Lipinski definition) is 5. The largest absolute Gasteiger partial charge is 0.770 e. The van der Waals surface area contributed by atoms with Crippen molar-refractivity contribution in [2.24, 2.45) is 0 Å². The summed E-state index contributed by atoms with van der Waals surface area (Å²) in [6.45, 7) is 4.73. The number of carbonyl (C=O) groups is 1. The fourth-order valence-electron chi connectivity index (χ4n) is 0.567. The van der Waals surface area contributed by atoms with Crippen LogP contribution in [-0.4, -0.2) is 31.8 Å². The number of amides is 1. The molecule has 0 rings (SSSR count). The molecule has 88 valence electrons. The lowest BCUT2D eigenvalue weighted by Crippen LogP contribution is -2.41. The quantitative estimate of drug-likeness (QED) is 0.420. The van der Waals surface area contributed by atoms with Gasteiger partial charge in [-0.2, -0.15) is 0 Å². The highest BCUT2D eigenvalue weighted by molar-refractivity contribution is 7.80. The number of halogens is 1. The van der Waals surface area contributed by atoms with Crippen LogP contribution >= 0.6 is 0 Å². The number of carbonyl (C=O) groups excluding carboxylic acids is 1. The van der Waals surface area contributed by atoms with Crippen LogP contribution < -0.4 is 5.32 Å². The summed E-state index contributed by atoms with van der Waals surface area (Å²) >= 11 is -3.09. The second-order valence-electron chi connectivity index (χ2n) is 3.62. The SMILES string of the molecule is CC(C)(C)OC(=O)NC(=N)[C@@H](F)S(=O)[O-]. The first-order valence-electron chi connectivity index (χ1n) is 3.94. The van der Waals surface area contributed by atoms with E-state index in [2.05, 4.69) is 4.74 Å². The molecule has 0 spiro atoms. The van der Waals surface area contributed by atoms with Crippen molar-refractivity contribution in [2.75, 3.05) is 0 Å². The van der Waals surface area contributed by atoms with E-state index >= 15 is 0 Å². The van der Waals surface area contributed by atoms with Gasteiger partial charge in [-0.05, 0) is 31.9 Å². The number of alkyl halides is 1. The van der Waals surface area contributed by atoms with Crippen LogP contribution in [0.15, 0.2) is 0 Å². The molecule has 0 bridgehead atoms. The van der Waals surface area contributed by atoms with Crippen LogP contribution in [0.2, 0.25) is 0 Å². The van der Waals surface area contributed by atoms with E-state index in [0.29, 0.717) is 0 Å². The summed E-state index contributed by atoms with van der Waals surface area (Å²) < 4.78 is 37.5. The van der Waals surface area contributed by atoms with Gasteiger partial charge in [0.15, 0.2) is 5.84 Å². The Bertz CT molecular complexity index is 289. The minimum Gasteiger partial charge on any atom is -0.770 e. The monoisotopic (exact) mass is 239 g/mol. The smallest absolute Gasteiger partial charge is 0.413 e. The van der Waals surface area contributed by atoms with Gasteiger partial charge in [0.2, 0.25) is 5.50 Å². The van der Waals surface area contributed by atoms with Crippen molar-refractivity contribution < 1.29 is 22.7 Å². The van der Waals surface area contributed by atoms with Gasteiger partial charge < -0.3 is 9.29 Å². The van der Waals surface area contributed by atoms with E-state index < -0.39 is 34.1 Å². The zero-order chi connectivity index (χ0) is 12.2. The highest BCUT2D eigenvalue weighted by Gasteiger charge is 2.21. The molecule has 0 aromatic heterocycles. The van der Waals surface area contributed by atoms with Gasteiger partial charge in [-0.1, -0.05) is 0 Å². The van der Waals surface area contributed by atoms with Crippen LogP contribution in [0.25, 0.3) is 0 Å². The molecule has 2 atom stereocenters. The highest BCUT2D eigenvalue weighted by atomic mass is 32.2. The maximum atomic E-state index is 12.6. The molecule has 15 heavy (non-hydrogen) atoms. The summed E-state index contributed by atoms with van der Waals surface area (Å²) in [5, 5.41) is 8.55. The number of rotatable bonds is 2. The third-order valence-corrected chi connectivity index (χ3v) is 1.61. The van der Waals surface area contributed by atoms with Gasteiger partial charge in [0.05, 0.1) is 0 Å². The first-order valence-corrected chi connectivity index (χ1v) is 5.08. The molecule has 0 heterocycles. The Morgan fingerprint density at radius 1 is 1.60 bits per heavy atom. The van der Waals surface area contributed by atoms with Gasteiger partial charge >= 0.3 is 6.09 Å². The van der Waals surface area contributed by atoms with Crippen LogP contribution in [-0.2, 0) is 15.8 Å². The van der Waals surface area contributed by atoms with E-state index in [1.165, 1.54) is 0 Å². The van der Waals surface area contributed by atoms with E-state index in [4.69, 9.17) is 5.41 Å². The summed E-state index contributed by atoms with van der Waals surface area (Å²) in [4.78, 5) is 11.0. The minimum absolute atomic E-state index is 0.799. The van der Waals surface area contributed by atoms with Crippen molar-refractivity contribution in [3.05, 3.63) is 0 Å². The Labute approximate surface area is 89.0 Å². The second kappa shape index (κ2) is 5.17. The van der Waals surface area contributed by atoms with Crippen molar-refractivity contribution in [3.63, 3.8) is 0 Å². The van der Waals surface area contributed by atoms with Crippen LogP contribution in [0.4, 0.5) is 9.18 Å². The van der Waals surface area contributed by atoms with Gasteiger partial charge in [0, 0.05) is 0 Å². The number of nitrogens with one attached hydrogen (secondary N) is 2. The van der Waals surface area contributed by atoms with Crippen molar-refractivity contribution in [2.45, 2.75) is 31.9 Å². The molecule has 0 saturated heterocycles. The molecule has 1 amide bonds. The highest BCUT2D eigenvalue weighted by Crippen LogP contribution is 2.06. The average molecular weight is 239 g/mol. The Morgan fingerprint density at radius 2 is 2.07 bits per heavy atom. The molecule has 0 aliphatic carbocycles. The molecule has 1 unspecified atom stereocenters. The number of ether oxygens (including phenoxy) is 1. The van der Waals surface area contributed by atoms with Gasteiger partial charge in [-0.3, -0.25) is 14.9 Å². The molecule has 0 aliphatic rings. The average Bonchev–Trinajstić information content (AvgIpc) is 1.98. The summed E-state index contributed by atoms with van der Waals surface area (Å²) in [7, 11) is 0. The van der Waals surface area contributed by atoms with E-state index in [1.54, 1.807) is 26.1 Å². The van der Waals surface area contributed by atoms with E-state index in [1.807, 2.05) is 0 Å². The fourth-order valence-corrected chi connectivity index (χ4v) is 0.818. The van der Waals surface area contributed by atoms with Crippen LogP contribution in [0.1, 0.15) is 20.8 Å². The lowest BCUT2D eigenvalue weighted by Gasteiger charge is -2.20. The van der Waals surface area contributed by atoms with E-state index in [-0.39, 0.29) is 0 Å². The molecular weight excluding hydrogens is 227 g/mol. The zero-order valence-corrected chi connectivity index (χ0v) is 9.31. The maximum Gasteiger partial charge on any atom is 0.413 e. The third-order valence-electron chi connectivity index (χ3n) is 1.03. The lowest BCUT2D eigenvalue weighted by atomic mass is 10.2. The van der Waals surface area contributed by atoms with Crippen molar-refractivity contribution in [1.29, 1.82) is 5.41 Å². The lowest BCUT2D eigenvalue weighted by molar-refractivity contribution is 0.0560. The van der Waals surface area contributed by atoms with Crippen LogP contribution in [0.3, 0.4) is 0 Å². The van der Waals surface area contributed by atoms with Crippen molar-refractivity contribution in [1.82, 2.24) is 5.32 Å². The standard InChI is InChI=1S/C7H13FN2O4S/c1-7(2,3)14-6(11)10-5(9)4(8)15(12)13/h4H,1-3H3,(H,12,13)(H2,9,10,11)/p-1/t4-/m0/s1. The number of alkyl carbamates (subject to hydrolysis) is 1. The summed E-state index contributed by atoms with van der Waals surface area (Å²) in [6, 6.07) is 0. The van der Waals surface area contributed by atoms with Gasteiger partial charge in [-0.25, -0.2) is 9.18 Å². The molecule has 0 aromatic carbocycles. The van der Waals surface area contributed by atoms with E-state index in [9.17, 15) is 17.9 Å². The van der Waals surface area contributed by atoms with Crippen molar-refractivity contribution >= 4 is 23.0 Å². The normalized spacial score (nSPS) is 15.3. The molecule has 8 heteroatoms. The molecule has 0 aromatic rings. The minimum atomic E-state index is -3.09. The first-order chi connectivity index (χ1) is 6.63. The van der Waals surface area contributed by atoms with Gasteiger partial charge in [-0.15, -0.1) is 0 Å². The predicted octanol–water partition coefficient (Wildman–Crippen LogP) is 0.663. The van der Waals surface area contributed by atoms with Crippen LogP contribution in [0.5, 0.6) is 0 Å². The summed E-state index contributed by atoms with van der Waals surface area (Å²) in [5.74, 6) is -1.07. The maximum absolute atomic E-state index is 12.6. The molecular formula is C7H12FN2O4S-. The molecule has 2 N–H and O–H groups in total. The molecule has 0 saturated carbocycles. The Hall–Kier alpha value is -1.02. The number of amidine groups is 1. The van der Waals surface area contributed by atoms with Crippen molar-refractivity contribution in [3.8, 4) is 0 Å². The van der Waals surface area contributed by atoms with Gasteiger partial charge in [0.25, 0.3) is 0 Å². The Morgan fingerprint density at radius 3 is 2.40 bits per heavy atom. The molecule has 0 aliphatic heterocycles. The van der Waals surface area contributed by atoms with E-state index in [0.717, 1.165) is 0 Å². The fraction of sp³-hybridized carbons (Fsp3) is 0.714. The second-order valence-corrected chi connectivity index (χ2v) is 4.55. The first kappa shape index (κ1) is 14.0. The number of hydrogen-bond donors (Lipinski definition) is 2. The zero-order valence-electron chi connectivity index (χ0n) is 8.50. The van der Waals surface area contributed by atoms with Gasteiger partial charge in [0.1, 0.15) is 5.60 Å².